The van der Waals surface area contributed by atoms with Gasteiger partial charge in [0.05, 0.1) is 17.1 Å². The van der Waals surface area contributed by atoms with Gasteiger partial charge in [0.15, 0.2) is 16.4 Å². The highest BCUT2D eigenvalue weighted by Gasteiger charge is 2.53. The van der Waals surface area contributed by atoms with Gasteiger partial charge in [-0.15, -0.1) is 0 Å². The molecule has 0 saturated heterocycles. The van der Waals surface area contributed by atoms with E-state index in [0.29, 0.717) is 0 Å². The number of rotatable bonds is 8. The fourth-order valence-electron chi connectivity index (χ4n) is 6.44. The van der Waals surface area contributed by atoms with Crippen LogP contribution < -0.4 is 5.32 Å². The first-order valence-corrected chi connectivity index (χ1v) is 13.0. The van der Waals surface area contributed by atoms with E-state index in [4.69, 9.17) is 4.74 Å². The molecule has 5 rings (SSSR count). The number of esters is 1. The Bertz CT molecular complexity index is 902. The van der Waals surface area contributed by atoms with E-state index in [9.17, 15) is 18.0 Å². The molecule has 0 radical (unpaired) electrons. The summed E-state index contributed by atoms with van der Waals surface area (Å²) >= 11 is 0. The van der Waals surface area contributed by atoms with Crippen molar-refractivity contribution in [2.45, 2.75) is 69.7 Å². The number of amides is 1. The SMILES string of the molecule is Cc1ccc(S(=O)(=O)CCC(=O)OCC(=O)N[C@@H](C)C23CC4CC(CC(C4)C2)C3)cc1. The van der Waals surface area contributed by atoms with E-state index >= 15 is 0 Å². The van der Waals surface area contributed by atoms with Crippen LogP contribution in [0.5, 0.6) is 0 Å². The van der Waals surface area contributed by atoms with E-state index in [1.807, 2.05) is 6.92 Å². The number of aryl methyl sites for hydroxylation is 1. The van der Waals surface area contributed by atoms with Crippen molar-refractivity contribution in [1.82, 2.24) is 5.32 Å². The molecule has 0 heterocycles. The van der Waals surface area contributed by atoms with Gasteiger partial charge in [0.2, 0.25) is 0 Å². The van der Waals surface area contributed by atoms with E-state index in [1.54, 1.807) is 12.1 Å². The fraction of sp³-hybridized carbons (Fsp3) is 0.667. The van der Waals surface area contributed by atoms with Crippen molar-refractivity contribution < 1.29 is 22.7 Å². The molecule has 4 aliphatic carbocycles. The molecular formula is C24H33NO5S. The van der Waals surface area contributed by atoms with Crippen LogP contribution in [0.4, 0.5) is 0 Å². The zero-order valence-electron chi connectivity index (χ0n) is 18.4. The van der Waals surface area contributed by atoms with Gasteiger partial charge >= 0.3 is 5.97 Å². The average Bonchev–Trinajstić information content (AvgIpc) is 2.70. The van der Waals surface area contributed by atoms with Crippen molar-refractivity contribution >= 4 is 21.7 Å². The molecule has 31 heavy (non-hydrogen) atoms. The summed E-state index contributed by atoms with van der Waals surface area (Å²) in [6, 6.07) is 6.58. The van der Waals surface area contributed by atoms with Gasteiger partial charge in [0.25, 0.3) is 5.91 Å². The standard InChI is InChI=1S/C24H33NO5S/c1-16-3-5-21(6-4-16)31(28,29)8-7-23(27)30-15-22(26)25-17(2)24-12-18-9-19(13-24)11-20(10-18)14-24/h3-6,17-20H,7-15H2,1-2H3,(H,25,26)/t17-,18?,19?,20?,24?/m0/s1. The Labute approximate surface area is 185 Å². The Morgan fingerprint density at radius 1 is 1.06 bits per heavy atom. The monoisotopic (exact) mass is 447 g/mol. The van der Waals surface area contributed by atoms with Gasteiger partial charge < -0.3 is 10.1 Å². The summed E-state index contributed by atoms with van der Waals surface area (Å²) < 4.78 is 29.8. The molecule has 170 valence electrons. The van der Waals surface area contributed by atoms with Crippen LogP contribution in [0.15, 0.2) is 29.2 Å². The zero-order valence-corrected chi connectivity index (χ0v) is 19.2. The van der Waals surface area contributed by atoms with E-state index in [-0.39, 0.29) is 41.0 Å². The van der Waals surface area contributed by atoms with Crippen LogP contribution in [0, 0.1) is 30.1 Å². The summed E-state index contributed by atoms with van der Waals surface area (Å²) in [6.45, 7) is 3.60. The molecule has 1 N–H and O–H groups in total. The minimum Gasteiger partial charge on any atom is -0.456 e. The zero-order chi connectivity index (χ0) is 22.2. The molecule has 1 atom stereocenters. The first kappa shape index (κ1) is 22.3. The third-order valence-electron chi connectivity index (χ3n) is 7.70. The molecule has 4 aliphatic rings. The van der Waals surface area contributed by atoms with Gasteiger partial charge in [-0.2, -0.15) is 0 Å². The maximum atomic E-state index is 12.4. The molecule has 1 amide bonds. The van der Waals surface area contributed by atoms with Crippen molar-refractivity contribution in [3.05, 3.63) is 29.8 Å². The molecule has 1 aromatic rings. The third kappa shape index (κ3) is 4.97. The summed E-state index contributed by atoms with van der Waals surface area (Å²) in [7, 11) is -3.56. The van der Waals surface area contributed by atoms with Crippen molar-refractivity contribution in [2.75, 3.05) is 12.4 Å². The summed E-state index contributed by atoms with van der Waals surface area (Å²) in [4.78, 5) is 24.6. The Morgan fingerprint density at radius 2 is 1.61 bits per heavy atom. The molecule has 1 aromatic carbocycles. The lowest BCUT2D eigenvalue weighted by Gasteiger charge is -2.59. The number of benzene rings is 1. The lowest BCUT2D eigenvalue weighted by molar-refractivity contribution is -0.149. The largest absolute Gasteiger partial charge is 0.456 e. The molecular weight excluding hydrogens is 414 g/mol. The summed E-state index contributed by atoms with van der Waals surface area (Å²) in [5.41, 5.74) is 1.16. The minimum atomic E-state index is -3.56. The summed E-state index contributed by atoms with van der Waals surface area (Å²) in [6.07, 6.45) is 7.36. The lowest BCUT2D eigenvalue weighted by Crippen LogP contribution is -2.56. The average molecular weight is 448 g/mol. The van der Waals surface area contributed by atoms with Crippen molar-refractivity contribution in [2.24, 2.45) is 23.2 Å². The number of nitrogens with one attached hydrogen (secondary N) is 1. The Kier molecular flexibility index (Phi) is 6.16. The maximum absolute atomic E-state index is 12.4. The molecule has 0 unspecified atom stereocenters. The summed E-state index contributed by atoms with van der Waals surface area (Å²) in [5, 5.41) is 3.06. The van der Waals surface area contributed by atoms with Crippen LogP contribution >= 0.6 is 0 Å². The molecule has 4 saturated carbocycles. The highest BCUT2D eigenvalue weighted by molar-refractivity contribution is 7.91. The lowest BCUT2D eigenvalue weighted by atomic mass is 9.48. The number of ether oxygens (including phenoxy) is 1. The van der Waals surface area contributed by atoms with Crippen LogP contribution in [0.1, 0.15) is 57.4 Å². The van der Waals surface area contributed by atoms with Crippen molar-refractivity contribution in [3.8, 4) is 0 Å². The fourth-order valence-corrected chi connectivity index (χ4v) is 7.67. The number of carbonyl (C=O) groups is 2. The Morgan fingerprint density at radius 3 is 2.16 bits per heavy atom. The molecule has 7 heteroatoms. The van der Waals surface area contributed by atoms with Crippen LogP contribution in [0.25, 0.3) is 0 Å². The van der Waals surface area contributed by atoms with Gasteiger partial charge in [-0.1, -0.05) is 17.7 Å². The summed E-state index contributed by atoms with van der Waals surface area (Å²) in [5.74, 6) is 1.10. The number of hydrogen-bond acceptors (Lipinski definition) is 5. The van der Waals surface area contributed by atoms with Crippen LogP contribution in [-0.2, 0) is 24.2 Å². The molecule has 4 fully saturated rings. The van der Waals surface area contributed by atoms with Crippen molar-refractivity contribution in [1.29, 1.82) is 0 Å². The Balaban J connectivity index is 1.22. The molecule has 0 aliphatic heterocycles. The first-order valence-electron chi connectivity index (χ1n) is 11.4. The van der Waals surface area contributed by atoms with Gasteiger partial charge in [-0.25, -0.2) is 8.42 Å². The molecule has 6 nitrogen and oxygen atoms in total. The third-order valence-corrected chi connectivity index (χ3v) is 9.43. The molecule has 4 bridgehead atoms. The topological polar surface area (TPSA) is 89.5 Å². The van der Waals surface area contributed by atoms with Crippen LogP contribution in [-0.4, -0.2) is 38.7 Å². The van der Waals surface area contributed by atoms with Crippen LogP contribution in [0.3, 0.4) is 0 Å². The number of sulfone groups is 1. The van der Waals surface area contributed by atoms with Gasteiger partial charge in [-0.3, -0.25) is 9.59 Å². The van der Waals surface area contributed by atoms with E-state index in [1.165, 1.54) is 50.7 Å². The highest BCUT2D eigenvalue weighted by atomic mass is 32.2. The van der Waals surface area contributed by atoms with Gasteiger partial charge in [0.1, 0.15) is 0 Å². The quantitative estimate of drug-likeness (QED) is 0.617. The van der Waals surface area contributed by atoms with E-state index in [0.717, 1.165) is 23.3 Å². The number of carbonyl (C=O) groups excluding carboxylic acids is 2. The van der Waals surface area contributed by atoms with Gasteiger partial charge in [-0.05, 0) is 87.7 Å². The second-order valence-corrected chi connectivity index (χ2v) is 12.2. The van der Waals surface area contributed by atoms with E-state index in [2.05, 4.69) is 12.2 Å². The maximum Gasteiger partial charge on any atom is 0.307 e. The normalized spacial score (nSPS) is 30.1. The minimum absolute atomic E-state index is 0.0639. The van der Waals surface area contributed by atoms with Crippen LogP contribution in [0.2, 0.25) is 0 Å². The predicted molar refractivity (Wildman–Crippen MR) is 117 cm³/mol. The molecule has 0 aromatic heterocycles. The molecule has 0 spiro atoms. The van der Waals surface area contributed by atoms with Crippen molar-refractivity contribution in [3.63, 3.8) is 0 Å². The Hall–Kier alpha value is -1.89. The number of hydrogen-bond donors (Lipinski definition) is 1. The predicted octanol–water partition coefficient (Wildman–Crippen LogP) is 3.42. The van der Waals surface area contributed by atoms with E-state index < -0.39 is 15.8 Å². The smallest absolute Gasteiger partial charge is 0.307 e. The second-order valence-electron chi connectivity index (χ2n) is 10.1. The first-order chi connectivity index (χ1) is 14.6. The highest BCUT2D eigenvalue weighted by Crippen LogP contribution is 2.61. The second kappa shape index (κ2) is 8.57. The van der Waals surface area contributed by atoms with Gasteiger partial charge in [0, 0.05) is 6.04 Å².